The van der Waals surface area contributed by atoms with Crippen LogP contribution in [-0.4, -0.2) is 12.9 Å². The molecular formula is C10H11FO2. The topological polar surface area (TPSA) is 26.3 Å². The van der Waals surface area contributed by atoms with Crippen molar-refractivity contribution in [2.24, 2.45) is 0 Å². The van der Waals surface area contributed by atoms with Gasteiger partial charge in [-0.1, -0.05) is 0 Å². The molecule has 0 aliphatic carbocycles. The minimum Gasteiger partial charge on any atom is -0.496 e. The first-order chi connectivity index (χ1) is 6.13. The van der Waals surface area contributed by atoms with Crippen molar-refractivity contribution in [1.29, 1.82) is 0 Å². The first kappa shape index (κ1) is 9.71. The molecule has 0 aliphatic rings. The molecule has 0 fully saturated rings. The van der Waals surface area contributed by atoms with E-state index in [1.165, 1.54) is 32.2 Å². The van der Waals surface area contributed by atoms with Crippen molar-refractivity contribution < 1.29 is 13.9 Å². The van der Waals surface area contributed by atoms with Crippen LogP contribution in [0.15, 0.2) is 18.2 Å². The Bertz CT molecular complexity index is 321. The molecule has 3 heteroatoms. The van der Waals surface area contributed by atoms with Gasteiger partial charge in [-0.25, -0.2) is 4.39 Å². The number of hydrogen-bond donors (Lipinski definition) is 0. The van der Waals surface area contributed by atoms with Gasteiger partial charge < -0.3 is 4.74 Å². The van der Waals surface area contributed by atoms with Gasteiger partial charge in [0.1, 0.15) is 17.3 Å². The number of carbonyl (C=O) groups is 1. The fourth-order valence-corrected chi connectivity index (χ4v) is 1.15. The number of ketones is 1. The number of hydrogen-bond acceptors (Lipinski definition) is 2. The third-order valence-electron chi connectivity index (χ3n) is 1.68. The molecule has 0 bridgehead atoms. The number of ether oxygens (including phenoxy) is 1. The van der Waals surface area contributed by atoms with Crippen LogP contribution in [0.1, 0.15) is 12.5 Å². The van der Waals surface area contributed by atoms with Crippen LogP contribution in [0.25, 0.3) is 0 Å². The Labute approximate surface area is 76.3 Å². The second kappa shape index (κ2) is 4.03. The fraction of sp³-hybridized carbons (Fsp3) is 0.300. The van der Waals surface area contributed by atoms with Crippen molar-refractivity contribution in [3.63, 3.8) is 0 Å². The molecule has 0 aromatic heterocycles. The molecule has 0 spiro atoms. The molecule has 1 rings (SSSR count). The normalized spacial score (nSPS) is 9.77. The third kappa shape index (κ3) is 2.54. The third-order valence-corrected chi connectivity index (χ3v) is 1.68. The van der Waals surface area contributed by atoms with E-state index in [-0.39, 0.29) is 18.0 Å². The van der Waals surface area contributed by atoms with Crippen LogP contribution >= 0.6 is 0 Å². The summed E-state index contributed by atoms with van der Waals surface area (Å²) in [5.74, 6) is 0.192. The van der Waals surface area contributed by atoms with Crippen molar-refractivity contribution in [3.8, 4) is 5.75 Å². The van der Waals surface area contributed by atoms with E-state index in [0.717, 1.165) is 0 Å². The highest BCUT2D eigenvalue weighted by molar-refractivity contribution is 5.78. The zero-order valence-electron chi connectivity index (χ0n) is 7.63. The van der Waals surface area contributed by atoms with Crippen LogP contribution in [0.2, 0.25) is 0 Å². The smallest absolute Gasteiger partial charge is 0.134 e. The zero-order chi connectivity index (χ0) is 9.84. The highest BCUT2D eigenvalue weighted by Crippen LogP contribution is 2.19. The second-order valence-electron chi connectivity index (χ2n) is 2.83. The van der Waals surface area contributed by atoms with Crippen molar-refractivity contribution in [1.82, 2.24) is 0 Å². The Morgan fingerprint density at radius 1 is 1.54 bits per heavy atom. The molecule has 0 saturated heterocycles. The summed E-state index contributed by atoms with van der Waals surface area (Å²) in [5, 5.41) is 0. The quantitative estimate of drug-likeness (QED) is 0.714. The standard InChI is InChI=1S/C10H11FO2/c1-7(12)5-8-6-9(11)3-4-10(8)13-2/h3-4,6H,5H2,1-2H3. The second-order valence-corrected chi connectivity index (χ2v) is 2.83. The van der Waals surface area contributed by atoms with Gasteiger partial charge in [0.2, 0.25) is 0 Å². The van der Waals surface area contributed by atoms with Crippen LogP contribution in [0.3, 0.4) is 0 Å². The van der Waals surface area contributed by atoms with Crippen molar-refractivity contribution in [3.05, 3.63) is 29.6 Å². The molecule has 0 amide bonds. The first-order valence-electron chi connectivity index (χ1n) is 3.95. The maximum atomic E-state index is 12.8. The Kier molecular flexibility index (Phi) is 3.01. The van der Waals surface area contributed by atoms with E-state index in [2.05, 4.69) is 0 Å². The summed E-state index contributed by atoms with van der Waals surface area (Å²) >= 11 is 0. The lowest BCUT2D eigenvalue weighted by molar-refractivity contribution is -0.116. The molecule has 0 radical (unpaired) electrons. The Balaban J connectivity index is 3.01. The van der Waals surface area contributed by atoms with E-state index in [1.54, 1.807) is 0 Å². The van der Waals surface area contributed by atoms with Gasteiger partial charge in [0, 0.05) is 12.0 Å². The summed E-state index contributed by atoms with van der Waals surface area (Å²) in [6, 6.07) is 4.15. The Morgan fingerprint density at radius 3 is 2.77 bits per heavy atom. The Hall–Kier alpha value is -1.38. The highest BCUT2D eigenvalue weighted by atomic mass is 19.1. The number of carbonyl (C=O) groups excluding carboxylic acids is 1. The lowest BCUT2D eigenvalue weighted by Gasteiger charge is -2.06. The van der Waals surface area contributed by atoms with Gasteiger partial charge >= 0.3 is 0 Å². The predicted molar refractivity (Wildman–Crippen MR) is 47.3 cm³/mol. The van der Waals surface area contributed by atoms with Crippen LogP contribution in [0.4, 0.5) is 4.39 Å². The number of benzene rings is 1. The molecule has 0 N–H and O–H groups in total. The molecule has 0 unspecified atom stereocenters. The van der Waals surface area contributed by atoms with Gasteiger partial charge in [-0.3, -0.25) is 4.79 Å². The molecule has 0 heterocycles. The molecular weight excluding hydrogens is 171 g/mol. The number of rotatable bonds is 3. The monoisotopic (exact) mass is 182 g/mol. The predicted octanol–water partition coefficient (Wildman–Crippen LogP) is 1.97. The lowest BCUT2D eigenvalue weighted by atomic mass is 10.1. The van der Waals surface area contributed by atoms with E-state index in [9.17, 15) is 9.18 Å². The summed E-state index contributed by atoms with van der Waals surface area (Å²) in [4.78, 5) is 10.8. The van der Waals surface area contributed by atoms with Gasteiger partial charge in [-0.05, 0) is 25.1 Å². The Morgan fingerprint density at radius 2 is 2.23 bits per heavy atom. The largest absolute Gasteiger partial charge is 0.496 e. The van der Waals surface area contributed by atoms with Crippen molar-refractivity contribution in [2.75, 3.05) is 7.11 Å². The molecule has 0 aliphatic heterocycles. The van der Waals surface area contributed by atoms with Gasteiger partial charge in [0.25, 0.3) is 0 Å². The minimum atomic E-state index is -0.350. The maximum Gasteiger partial charge on any atom is 0.134 e. The minimum absolute atomic E-state index is 0.0103. The van der Waals surface area contributed by atoms with E-state index < -0.39 is 0 Å². The van der Waals surface area contributed by atoms with Crippen LogP contribution < -0.4 is 4.74 Å². The van der Waals surface area contributed by atoms with Gasteiger partial charge in [0.05, 0.1) is 7.11 Å². The molecule has 2 nitrogen and oxygen atoms in total. The summed E-state index contributed by atoms with van der Waals surface area (Å²) in [5.41, 5.74) is 0.593. The molecule has 0 saturated carbocycles. The summed E-state index contributed by atoms with van der Waals surface area (Å²) in [7, 11) is 1.50. The van der Waals surface area contributed by atoms with Gasteiger partial charge in [0.15, 0.2) is 0 Å². The number of halogens is 1. The molecule has 1 aromatic rings. The van der Waals surface area contributed by atoms with E-state index in [0.29, 0.717) is 11.3 Å². The van der Waals surface area contributed by atoms with Crippen LogP contribution in [-0.2, 0) is 11.2 Å². The van der Waals surface area contributed by atoms with E-state index in [4.69, 9.17) is 4.74 Å². The SMILES string of the molecule is COc1ccc(F)cc1CC(C)=O. The summed E-state index contributed by atoms with van der Waals surface area (Å²) in [6.45, 7) is 1.46. The zero-order valence-corrected chi connectivity index (χ0v) is 7.63. The highest BCUT2D eigenvalue weighted by Gasteiger charge is 2.06. The van der Waals surface area contributed by atoms with Crippen LogP contribution in [0, 0.1) is 5.82 Å². The summed E-state index contributed by atoms with van der Waals surface area (Å²) in [6.07, 6.45) is 0.209. The average molecular weight is 182 g/mol. The fourth-order valence-electron chi connectivity index (χ4n) is 1.15. The number of Topliss-reactive ketones (excluding diaryl/α,β-unsaturated/α-hetero) is 1. The van der Waals surface area contributed by atoms with Crippen molar-refractivity contribution >= 4 is 5.78 Å². The average Bonchev–Trinajstić information content (AvgIpc) is 2.03. The van der Waals surface area contributed by atoms with E-state index in [1.807, 2.05) is 0 Å². The van der Waals surface area contributed by atoms with Crippen LogP contribution in [0.5, 0.6) is 5.75 Å². The molecule has 1 aromatic carbocycles. The van der Waals surface area contributed by atoms with Gasteiger partial charge in [-0.2, -0.15) is 0 Å². The van der Waals surface area contributed by atoms with Gasteiger partial charge in [-0.15, -0.1) is 0 Å². The molecule has 70 valence electrons. The molecule has 0 atom stereocenters. The summed E-state index contributed by atoms with van der Waals surface area (Å²) < 4.78 is 17.7. The first-order valence-corrected chi connectivity index (χ1v) is 3.95. The van der Waals surface area contributed by atoms with Crippen molar-refractivity contribution in [2.45, 2.75) is 13.3 Å². The number of methoxy groups -OCH3 is 1. The van der Waals surface area contributed by atoms with E-state index >= 15 is 0 Å². The molecule has 13 heavy (non-hydrogen) atoms. The lowest BCUT2D eigenvalue weighted by Crippen LogP contribution is -1.99. The maximum absolute atomic E-state index is 12.8.